The Kier molecular flexibility index (Phi) is 2.12. The van der Waals surface area contributed by atoms with Crippen molar-refractivity contribution in [1.82, 2.24) is 9.97 Å². The van der Waals surface area contributed by atoms with Crippen LogP contribution in [0.15, 0.2) is 22.8 Å². The lowest BCUT2D eigenvalue weighted by Crippen LogP contribution is -2.02. The molecule has 0 saturated carbocycles. The second kappa shape index (κ2) is 3.30. The highest BCUT2D eigenvalue weighted by atomic mass is 79.9. The van der Waals surface area contributed by atoms with E-state index in [0.717, 1.165) is 5.52 Å². The fraction of sp³-hybridized carbons (Fsp3) is 0. The molecule has 2 aromatic rings. The fourth-order valence-corrected chi connectivity index (χ4v) is 1.43. The second-order valence-corrected chi connectivity index (χ2v) is 3.38. The largest absolute Gasteiger partial charge is 0.512 e. The van der Waals surface area contributed by atoms with Gasteiger partial charge in [-0.15, -0.1) is 0 Å². The number of nitrogens with zero attached hydrogens (tertiary/aromatic N) is 1. The maximum absolute atomic E-state index is 10.2. The maximum Gasteiger partial charge on any atom is 0.512 e. The molecule has 0 aliphatic carbocycles. The highest BCUT2D eigenvalue weighted by Gasteiger charge is 2.06. The molecule has 0 amide bonds. The van der Waals surface area contributed by atoms with E-state index < -0.39 is 6.16 Å². The number of H-pyrrole nitrogens is 1. The summed E-state index contributed by atoms with van der Waals surface area (Å²) in [5.74, 6) is 0.165. The van der Waals surface area contributed by atoms with Crippen LogP contribution in [0, 0.1) is 0 Å². The number of halogens is 1. The maximum atomic E-state index is 10.2. The van der Waals surface area contributed by atoms with Gasteiger partial charge in [0.2, 0.25) is 5.88 Å². The first-order valence-electron chi connectivity index (χ1n) is 3.71. The molecule has 0 aliphatic heterocycles. The number of pyridine rings is 1. The van der Waals surface area contributed by atoms with Crippen LogP contribution in [0.3, 0.4) is 0 Å². The van der Waals surface area contributed by atoms with Crippen molar-refractivity contribution in [3.63, 3.8) is 0 Å². The lowest BCUT2D eigenvalue weighted by molar-refractivity contribution is 0.143. The number of aromatic nitrogens is 2. The number of carboxylic acid groups (broad SMARTS) is 1. The molecule has 6 heteroatoms. The van der Waals surface area contributed by atoms with Crippen LogP contribution in [-0.2, 0) is 0 Å². The smallest absolute Gasteiger partial charge is 0.449 e. The monoisotopic (exact) mass is 256 g/mol. The van der Waals surface area contributed by atoms with Gasteiger partial charge in [0.15, 0.2) is 0 Å². The van der Waals surface area contributed by atoms with Crippen molar-refractivity contribution < 1.29 is 14.6 Å². The number of hydrogen-bond acceptors (Lipinski definition) is 3. The van der Waals surface area contributed by atoms with E-state index >= 15 is 0 Å². The van der Waals surface area contributed by atoms with Gasteiger partial charge in [-0.3, -0.25) is 0 Å². The van der Waals surface area contributed by atoms with Gasteiger partial charge in [0.1, 0.15) is 4.60 Å². The molecule has 0 unspecified atom stereocenters. The predicted molar refractivity (Wildman–Crippen MR) is 52.4 cm³/mol. The number of rotatable bonds is 1. The number of ether oxygens (including phenoxy) is 1. The lowest BCUT2D eigenvalue weighted by atomic mass is 10.4. The topological polar surface area (TPSA) is 75.2 Å². The number of carbonyl (C=O) groups is 1. The van der Waals surface area contributed by atoms with Crippen LogP contribution in [0.5, 0.6) is 5.88 Å². The van der Waals surface area contributed by atoms with Crippen LogP contribution in [0.25, 0.3) is 11.0 Å². The minimum Gasteiger partial charge on any atom is -0.449 e. The summed E-state index contributed by atoms with van der Waals surface area (Å²) in [6, 6.07) is 5.05. The minimum atomic E-state index is -1.35. The summed E-state index contributed by atoms with van der Waals surface area (Å²) in [4.78, 5) is 17.1. The van der Waals surface area contributed by atoms with Crippen molar-refractivity contribution in [2.75, 3.05) is 0 Å². The molecule has 5 nitrogen and oxygen atoms in total. The number of aromatic amines is 1. The molecule has 2 N–H and O–H groups in total. The van der Waals surface area contributed by atoms with E-state index in [9.17, 15) is 4.79 Å². The van der Waals surface area contributed by atoms with Crippen molar-refractivity contribution in [1.29, 1.82) is 0 Å². The fourth-order valence-electron chi connectivity index (χ4n) is 1.11. The van der Waals surface area contributed by atoms with Crippen molar-refractivity contribution in [2.24, 2.45) is 0 Å². The molecule has 0 bridgehead atoms. The second-order valence-electron chi connectivity index (χ2n) is 2.57. The highest BCUT2D eigenvalue weighted by Crippen LogP contribution is 2.20. The number of hydrogen-bond donors (Lipinski definition) is 2. The van der Waals surface area contributed by atoms with Gasteiger partial charge in [0, 0.05) is 6.07 Å². The third kappa shape index (κ3) is 1.69. The Morgan fingerprint density at radius 2 is 2.36 bits per heavy atom. The molecular formula is C8H5BrN2O3. The predicted octanol–water partition coefficient (Wildman–Crippen LogP) is 2.38. The molecule has 2 aromatic heterocycles. The standard InChI is InChI=1S/C8H5BrN2O3/c9-6-2-1-4-5(10-6)3-7(11-4)14-8(12)13/h1-3,11H,(H,12,13). The molecule has 0 spiro atoms. The van der Waals surface area contributed by atoms with Gasteiger partial charge in [-0.1, -0.05) is 0 Å². The van der Waals surface area contributed by atoms with Crippen LogP contribution in [0.4, 0.5) is 4.79 Å². The Morgan fingerprint density at radius 1 is 1.57 bits per heavy atom. The summed E-state index contributed by atoms with van der Waals surface area (Å²) in [5, 5.41) is 8.37. The molecular weight excluding hydrogens is 252 g/mol. The summed E-state index contributed by atoms with van der Waals surface area (Å²) in [5.41, 5.74) is 1.38. The Balaban J connectivity index is 2.46. The first-order chi connectivity index (χ1) is 6.65. The Morgan fingerprint density at radius 3 is 3.07 bits per heavy atom. The average molecular weight is 257 g/mol. The number of fused-ring (bicyclic) bond motifs is 1. The van der Waals surface area contributed by atoms with Gasteiger partial charge in [-0.05, 0) is 28.1 Å². The third-order valence-electron chi connectivity index (χ3n) is 1.61. The van der Waals surface area contributed by atoms with Crippen molar-refractivity contribution >= 4 is 33.1 Å². The van der Waals surface area contributed by atoms with E-state index in [-0.39, 0.29) is 5.88 Å². The summed E-state index contributed by atoms with van der Waals surface area (Å²) >= 11 is 3.21. The van der Waals surface area contributed by atoms with E-state index in [4.69, 9.17) is 5.11 Å². The third-order valence-corrected chi connectivity index (χ3v) is 2.06. The lowest BCUT2D eigenvalue weighted by Gasteiger charge is -1.91. The summed E-state index contributed by atoms with van der Waals surface area (Å²) in [7, 11) is 0. The van der Waals surface area contributed by atoms with Gasteiger partial charge >= 0.3 is 6.16 Å². The summed E-state index contributed by atoms with van der Waals surface area (Å²) < 4.78 is 5.13. The van der Waals surface area contributed by atoms with E-state index in [1.807, 2.05) is 0 Å². The normalized spacial score (nSPS) is 10.4. The van der Waals surface area contributed by atoms with Gasteiger partial charge in [0.05, 0.1) is 11.0 Å². The molecule has 0 fully saturated rings. The quantitative estimate of drug-likeness (QED) is 0.607. The van der Waals surface area contributed by atoms with Crippen LogP contribution in [0.1, 0.15) is 0 Å². The summed E-state index contributed by atoms with van der Waals surface area (Å²) in [6.07, 6.45) is -1.35. The zero-order chi connectivity index (χ0) is 10.1. The molecule has 2 rings (SSSR count). The Labute approximate surface area is 86.8 Å². The van der Waals surface area contributed by atoms with Gasteiger partial charge in [-0.25, -0.2) is 9.78 Å². The molecule has 0 atom stereocenters. The van der Waals surface area contributed by atoms with Crippen molar-refractivity contribution in [2.45, 2.75) is 0 Å². The molecule has 2 heterocycles. The van der Waals surface area contributed by atoms with E-state index in [2.05, 4.69) is 30.6 Å². The minimum absolute atomic E-state index is 0.165. The molecule has 14 heavy (non-hydrogen) atoms. The van der Waals surface area contributed by atoms with Crippen LogP contribution in [-0.4, -0.2) is 21.2 Å². The number of nitrogens with one attached hydrogen (secondary N) is 1. The first-order valence-corrected chi connectivity index (χ1v) is 4.50. The molecule has 0 saturated heterocycles. The van der Waals surface area contributed by atoms with E-state index in [1.54, 1.807) is 12.1 Å². The zero-order valence-corrected chi connectivity index (χ0v) is 8.41. The zero-order valence-electron chi connectivity index (χ0n) is 6.82. The average Bonchev–Trinajstić information content (AvgIpc) is 2.44. The summed E-state index contributed by atoms with van der Waals surface area (Å²) in [6.45, 7) is 0. The van der Waals surface area contributed by atoms with Gasteiger partial charge < -0.3 is 14.8 Å². The molecule has 0 aromatic carbocycles. The highest BCUT2D eigenvalue weighted by molar-refractivity contribution is 9.10. The van der Waals surface area contributed by atoms with Crippen molar-refractivity contribution in [3.05, 3.63) is 22.8 Å². The molecule has 72 valence electrons. The van der Waals surface area contributed by atoms with Crippen LogP contribution < -0.4 is 4.74 Å². The van der Waals surface area contributed by atoms with Crippen LogP contribution >= 0.6 is 15.9 Å². The van der Waals surface area contributed by atoms with Gasteiger partial charge in [-0.2, -0.15) is 0 Å². The SMILES string of the molecule is O=C(O)Oc1cc2nc(Br)ccc2[nH]1. The Hall–Kier alpha value is -1.56. The van der Waals surface area contributed by atoms with E-state index in [1.165, 1.54) is 6.07 Å². The first kappa shape index (κ1) is 9.01. The van der Waals surface area contributed by atoms with Gasteiger partial charge in [0.25, 0.3) is 0 Å². The van der Waals surface area contributed by atoms with Crippen LogP contribution in [0.2, 0.25) is 0 Å². The van der Waals surface area contributed by atoms with E-state index in [0.29, 0.717) is 10.1 Å². The molecule has 0 aliphatic rings. The van der Waals surface area contributed by atoms with Crippen molar-refractivity contribution in [3.8, 4) is 5.88 Å². The molecule has 0 radical (unpaired) electrons. The Bertz CT molecular complexity index is 494.